The van der Waals surface area contributed by atoms with E-state index in [4.69, 9.17) is 9.57 Å². The van der Waals surface area contributed by atoms with Crippen molar-refractivity contribution in [3.63, 3.8) is 0 Å². The lowest BCUT2D eigenvalue weighted by Crippen LogP contribution is -2.54. The second-order valence-corrected chi connectivity index (χ2v) is 12.3. The summed E-state index contributed by atoms with van der Waals surface area (Å²) >= 11 is 0. The van der Waals surface area contributed by atoms with Gasteiger partial charge in [0.1, 0.15) is 11.6 Å². The molecular formula is C30H33N5O6S. The number of pyridine rings is 1. The Morgan fingerprint density at radius 2 is 1.74 bits per heavy atom. The van der Waals surface area contributed by atoms with Gasteiger partial charge in [-0.2, -0.15) is 4.72 Å². The van der Waals surface area contributed by atoms with Crippen molar-refractivity contribution in [1.29, 1.82) is 0 Å². The summed E-state index contributed by atoms with van der Waals surface area (Å²) in [7, 11) is -3.94. The smallest absolute Gasteiger partial charge is 0.392 e. The Bertz CT molecular complexity index is 1520. The first-order chi connectivity index (χ1) is 20.2. The van der Waals surface area contributed by atoms with E-state index in [1.807, 2.05) is 43.3 Å². The molecule has 1 saturated heterocycles. The second-order valence-electron chi connectivity index (χ2n) is 10.5. The Hall–Kier alpha value is -4.29. The molecule has 2 aromatic carbocycles. The zero-order valence-corrected chi connectivity index (χ0v) is 24.0. The summed E-state index contributed by atoms with van der Waals surface area (Å²) < 4.78 is 34.4. The van der Waals surface area contributed by atoms with E-state index in [1.54, 1.807) is 35.5 Å². The summed E-state index contributed by atoms with van der Waals surface area (Å²) in [4.78, 5) is 37.4. The van der Waals surface area contributed by atoms with Crippen LogP contribution in [0.15, 0.2) is 89.2 Å². The van der Waals surface area contributed by atoms with Crippen molar-refractivity contribution in [3.8, 4) is 0 Å². The summed E-state index contributed by atoms with van der Waals surface area (Å²) in [6, 6.07) is 18.4. The summed E-state index contributed by atoms with van der Waals surface area (Å²) in [5, 5.41) is 6.64. The van der Waals surface area contributed by atoms with Crippen molar-refractivity contribution in [1.82, 2.24) is 19.9 Å². The van der Waals surface area contributed by atoms with Crippen LogP contribution in [0.2, 0.25) is 0 Å². The van der Waals surface area contributed by atoms with E-state index in [2.05, 4.69) is 20.2 Å². The predicted octanol–water partition coefficient (Wildman–Crippen LogP) is 3.30. The molecule has 1 aromatic heterocycles. The minimum Gasteiger partial charge on any atom is -0.392 e. The number of oxime groups is 1. The number of ether oxygens (including phenoxy) is 1. The van der Waals surface area contributed by atoms with Crippen molar-refractivity contribution >= 4 is 27.9 Å². The van der Waals surface area contributed by atoms with Crippen LogP contribution in [0.5, 0.6) is 0 Å². The maximum Gasteiger partial charge on any atom is 0.414 e. The number of benzene rings is 2. The normalized spacial score (nSPS) is 16.8. The number of nitrogens with one attached hydrogen (secondary N) is 2. The van der Waals surface area contributed by atoms with Gasteiger partial charge in [0.15, 0.2) is 0 Å². The van der Waals surface area contributed by atoms with E-state index in [-0.39, 0.29) is 29.7 Å². The number of aryl methyl sites for hydroxylation is 1. The first-order valence-corrected chi connectivity index (χ1v) is 15.2. The fourth-order valence-corrected chi connectivity index (χ4v) is 6.18. The molecule has 0 radical (unpaired) electrons. The second kappa shape index (κ2) is 12.7. The lowest BCUT2D eigenvalue weighted by atomic mass is 9.88. The molecule has 2 N–H and O–H groups in total. The van der Waals surface area contributed by atoms with Gasteiger partial charge in [0, 0.05) is 44.9 Å². The molecule has 3 heterocycles. The third kappa shape index (κ3) is 7.31. The lowest BCUT2D eigenvalue weighted by Gasteiger charge is -2.38. The topological polar surface area (TPSA) is 139 Å². The van der Waals surface area contributed by atoms with Gasteiger partial charge in [-0.05, 0) is 42.7 Å². The number of sulfonamides is 1. The van der Waals surface area contributed by atoms with Crippen LogP contribution in [0.3, 0.4) is 0 Å². The minimum absolute atomic E-state index is 0.102. The average Bonchev–Trinajstić information content (AvgIpc) is 3.38. The Labute approximate surface area is 245 Å². The van der Waals surface area contributed by atoms with E-state index in [9.17, 15) is 18.0 Å². The van der Waals surface area contributed by atoms with Gasteiger partial charge in [-0.1, -0.05) is 59.3 Å². The first kappa shape index (κ1) is 29.2. The number of likely N-dealkylation sites (tertiary alicyclic amines) is 1. The highest BCUT2D eigenvalue weighted by molar-refractivity contribution is 7.89. The maximum absolute atomic E-state index is 13.7. The van der Waals surface area contributed by atoms with Crippen LogP contribution in [0.1, 0.15) is 36.0 Å². The largest absolute Gasteiger partial charge is 0.414 e. The van der Waals surface area contributed by atoms with Crippen LogP contribution in [-0.2, 0) is 37.4 Å². The standard InChI is InChI=1S/C30H33N5O6S/c1-22-9-11-25(12-10-22)42(38,39)34-26(18-23-6-3-2-4-7-23)28(36)35-16-13-30(14-17-35)19-27(33-41-30)40-29(37)32-21-24-8-5-15-31-20-24/h2-12,15,20,26,34H,13-14,16-19,21H2,1H3,(H,32,37). The summed E-state index contributed by atoms with van der Waals surface area (Å²) in [5.41, 5.74) is 1.92. The third-order valence-electron chi connectivity index (χ3n) is 7.38. The number of alkyl carbamates (subject to hydrolysis) is 1. The molecule has 5 rings (SSSR count). The summed E-state index contributed by atoms with van der Waals surface area (Å²) in [6.45, 7) is 2.82. The van der Waals surface area contributed by atoms with Gasteiger partial charge in [0.2, 0.25) is 21.8 Å². The van der Waals surface area contributed by atoms with Gasteiger partial charge >= 0.3 is 6.09 Å². The van der Waals surface area contributed by atoms with Gasteiger partial charge < -0.3 is 19.8 Å². The zero-order valence-electron chi connectivity index (χ0n) is 23.2. The third-order valence-corrected chi connectivity index (χ3v) is 8.87. The van der Waals surface area contributed by atoms with Crippen molar-refractivity contribution in [3.05, 3.63) is 95.8 Å². The molecule has 1 fully saturated rings. The molecule has 2 aliphatic rings. The van der Waals surface area contributed by atoms with E-state index in [0.717, 1.165) is 16.7 Å². The minimum atomic E-state index is -3.94. The Kier molecular flexibility index (Phi) is 8.83. The first-order valence-electron chi connectivity index (χ1n) is 13.7. The molecule has 11 nitrogen and oxygen atoms in total. The van der Waals surface area contributed by atoms with Crippen LogP contribution >= 0.6 is 0 Å². The number of piperidine rings is 1. The average molecular weight is 592 g/mol. The molecule has 12 heteroatoms. The number of nitrogens with zero attached hydrogens (tertiary/aromatic N) is 3. The fourth-order valence-electron chi connectivity index (χ4n) is 4.99. The maximum atomic E-state index is 13.7. The lowest BCUT2D eigenvalue weighted by molar-refractivity contribution is -0.138. The monoisotopic (exact) mass is 591 g/mol. The van der Waals surface area contributed by atoms with Gasteiger partial charge in [-0.3, -0.25) is 9.78 Å². The summed E-state index contributed by atoms with van der Waals surface area (Å²) in [6.07, 6.45) is 4.07. The zero-order chi connectivity index (χ0) is 29.6. The Morgan fingerprint density at radius 1 is 1.02 bits per heavy atom. The van der Waals surface area contributed by atoms with Crippen molar-refractivity contribution in [2.45, 2.75) is 55.7 Å². The van der Waals surface area contributed by atoms with Gasteiger partial charge in [-0.15, -0.1) is 0 Å². The van der Waals surface area contributed by atoms with Crippen molar-refractivity contribution in [2.24, 2.45) is 5.16 Å². The van der Waals surface area contributed by atoms with Gasteiger partial charge in [0.25, 0.3) is 0 Å². The number of hydrogen-bond acceptors (Lipinski definition) is 8. The molecule has 0 bridgehead atoms. The van der Waals surface area contributed by atoms with E-state index < -0.39 is 27.8 Å². The molecule has 1 spiro atoms. The summed E-state index contributed by atoms with van der Waals surface area (Å²) in [5.74, 6) is -0.138. The van der Waals surface area contributed by atoms with Gasteiger partial charge in [0.05, 0.1) is 11.3 Å². The molecule has 2 amide bonds. The molecular weight excluding hydrogens is 558 g/mol. The van der Waals surface area contributed by atoms with E-state index >= 15 is 0 Å². The molecule has 1 unspecified atom stereocenters. The quantitative estimate of drug-likeness (QED) is 0.410. The molecule has 3 aromatic rings. The van der Waals surface area contributed by atoms with Gasteiger partial charge in [-0.25, -0.2) is 13.2 Å². The fraction of sp³-hybridized carbons (Fsp3) is 0.333. The van der Waals surface area contributed by atoms with E-state index in [1.165, 1.54) is 12.1 Å². The molecule has 1 atom stereocenters. The predicted molar refractivity (Wildman–Crippen MR) is 155 cm³/mol. The van der Waals surface area contributed by atoms with Crippen LogP contribution < -0.4 is 10.0 Å². The molecule has 220 valence electrons. The number of carbonyl (C=O) groups is 2. The molecule has 42 heavy (non-hydrogen) atoms. The number of aromatic nitrogens is 1. The number of rotatable bonds is 8. The van der Waals surface area contributed by atoms with Crippen molar-refractivity contribution < 1.29 is 27.6 Å². The van der Waals surface area contributed by atoms with Crippen LogP contribution in [-0.4, -0.2) is 60.9 Å². The Morgan fingerprint density at radius 3 is 2.43 bits per heavy atom. The van der Waals surface area contributed by atoms with Crippen LogP contribution in [0, 0.1) is 6.92 Å². The number of amides is 2. The van der Waals surface area contributed by atoms with E-state index in [0.29, 0.717) is 32.4 Å². The highest BCUT2D eigenvalue weighted by atomic mass is 32.2. The number of carbonyl (C=O) groups excluding carboxylic acids is 2. The molecule has 0 saturated carbocycles. The molecule has 2 aliphatic heterocycles. The van der Waals surface area contributed by atoms with Crippen molar-refractivity contribution in [2.75, 3.05) is 13.1 Å². The Balaban J connectivity index is 1.18. The molecule has 0 aliphatic carbocycles. The number of hydrogen-bond donors (Lipinski definition) is 2. The SMILES string of the molecule is Cc1ccc(S(=O)(=O)NC(Cc2ccccc2)C(=O)N2CCC3(CC2)CC(OC(=O)NCc2cccnc2)=NO3)cc1. The highest BCUT2D eigenvalue weighted by Crippen LogP contribution is 2.35. The van der Waals surface area contributed by atoms with Crippen LogP contribution in [0.4, 0.5) is 4.79 Å². The highest BCUT2D eigenvalue weighted by Gasteiger charge is 2.45. The van der Waals surface area contributed by atoms with Crippen LogP contribution in [0.25, 0.3) is 0 Å².